The van der Waals surface area contributed by atoms with Gasteiger partial charge >= 0.3 is 5.69 Å². The lowest BCUT2D eigenvalue weighted by molar-refractivity contribution is -0.386. The van der Waals surface area contributed by atoms with E-state index in [9.17, 15) is 10.1 Å². The molecule has 0 saturated heterocycles. The minimum atomic E-state index is -0.542. The van der Waals surface area contributed by atoms with Crippen LogP contribution in [-0.4, -0.2) is 9.91 Å². The van der Waals surface area contributed by atoms with Crippen LogP contribution in [0.2, 0.25) is 5.02 Å². The van der Waals surface area contributed by atoms with Gasteiger partial charge in [-0.15, -0.1) is 0 Å². The third kappa shape index (κ3) is 3.49. The number of halogens is 1. The Balaban J connectivity index is 2.35. The molecule has 2 rings (SSSR count). The van der Waals surface area contributed by atoms with Gasteiger partial charge in [0.1, 0.15) is 5.75 Å². The van der Waals surface area contributed by atoms with Gasteiger partial charge in [0.05, 0.1) is 9.95 Å². The molecule has 1 aromatic heterocycles. The van der Waals surface area contributed by atoms with Crippen molar-refractivity contribution in [3.8, 4) is 11.6 Å². The van der Waals surface area contributed by atoms with E-state index < -0.39 is 4.92 Å². The number of hydrogen-bond donors (Lipinski definition) is 0. The van der Waals surface area contributed by atoms with Gasteiger partial charge in [0.25, 0.3) is 5.88 Å². The highest BCUT2D eigenvalue weighted by molar-refractivity contribution is 6.32. The molecule has 21 heavy (non-hydrogen) atoms. The van der Waals surface area contributed by atoms with E-state index in [1.807, 2.05) is 6.07 Å². The maximum atomic E-state index is 10.9. The van der Waals surface area contributed by atoms with Crippen LogP contribution in [0.3, 0.4) is 0 Å². The number of aromatic nitrogens is 1. The van der Waals surface area contributed by atoms with Crippen molar-refractivity contribution in [3.05, 3.63) is 57.2 Å². The zero-order valence-electron chi connectivity index (χ0n) is 12.0. The lowest BCUT2D eigenvalue weighted by Gasteiger charge is -2.19. The summed E-state index contributed by atoms with van der Waals surface area (Å²) in [5.74, 6) is 0.263. The van der Waals surface area contributed by atoms with Crippen LogP contribution in [0.5, 0.6) is 11.6 Å². The van der Waals surface area contributed by atoms with Gasteiger partial charge in [-0.1, -0.05) is 38.4 Å². The normalized spacial score (nSPS) is 11.2. The molecule has 0 bridgehead atoms. The Kier molecular flexibility index (Phi) is 4.14. The molecule has 2 aromatic rings. The van der Waals surface area contributed by atoms with Crippen molar-refractivity contribution in [2.24, 2.45) is 0 Å². The van der Waals surface area contributed by atoms with Gasteiger partial charge in [0.2, 0.25) is 0 Å². The molecule has 0 saturated carbocycles. The molecule has 1 heterocycles. The SMILES string of the molecule is CC(C)(C)c1ccc(Oc2ncccc2[N+](=O)[O-])c(Cl)c1. The van der Waals surface area contributed by atoms with Gasteiger partial charge in [-0.05, 0) is 29.2 Å². The van der Waals surface area contributed by atoms with Crippen LogP contribution in [-0.2, 0) is 5.41 Å². The van der Waals surface area contributed by atoms with Crippen LogP contribution >= 0.6 is 11.6 Å². The number of rotatable bonds is 3. The molecule has 0 spiro atoms. The van der Waals surface area contributed by atoms with Crippen LogP contribution < -0.4 is 4.74 Å². The summed E-state index contributed by atoms with van der Waals surface area (Å²) in [5, 5.41) is 11.3. The smallest absolute Gasteiger partial charge is 0.331 e. The molecule has 0 aliphatic rings. The second-order valence-electron chi connectivity index (χ2n) is 5.58. The van der Waals surface area contributed by atoms with Crippen molar-refractivity contribution in [2.75, 3.05) is 0 Å². The Morgan fingerprint density at radius 1 is 1.29 bits per heavy atom. The van der Waals surface area contributed by atoms with Gasteiger partial charge < -0.3 is 4.74 Å². The van der Waals surface area contributed by atoms with Crippen LogP contribution in [0.25, 0.3) is 0 Å². The first-order chi connectivity index (χ1) is 9.79. The minimum Gasteiger partial charge on any atom is -0.432 e. The van der Waals surface area contributed by atoms with Gasteiger partial charge in [0.15, 0.2) is 0 Å². The van der Waals surface area contributed by atoms with E-state index in [0.29, 0.717) is 10.8 Å². The minimum absolute atomic E-state index is 0.0425. The molecular weight excluding hydrogens is 292 g/mol. The predicted molar refractivity (Wildman–Crippen MR) is 81.1 cm³/mol. The van der Waals surface area contributed by atoms with Crippen LogP contribution in [0.1, 0.15) is 26.3 Å². The molecule has 110 valence electrons. The quantitative estimate of drug-likeness (QED) is 0.607. The molecule has 0 unspecified atom stereocenters. The number of hydrogen-bond acceptors (Lipinski definition) is 4. The Labute approximate surface area is 127 Å². The fourth-order valence-electron chi connectivity index (χ4n) is 1.75. The summed E-state index contributed by atoms with van der Waals surface area (Å²) in [5.41, 5.74) is 0.808. The maximum absolute atomic E-state index is 10.9. The number of ether oxygens (including phenoxy) is 1. The second kappa shape index (κ2) is 5.69. The average molecular weight is 307 g/mol. The highest BCUT2D eigenvalue weighted by Crippen LogP contribution is 2.35. The first kappa shape index (κ1) is 15.3. The summed E-state index contributed by atoms with van der Waals surface area (Å²) in [4.78, 5) is 14.3. The molecule has 0 atom stereocenters. The van der Waals surface area contributed by atoms with Gasteiger partial charge in [-0.25, -0.2) is 4.98 Å². The first-order valence-electron chi connectivity index (χ1n) is 6.36. The summed E-state index contributed by atoms with van der Waals surface area (Å²) in [6.07, 6.45) is 1.43. The van der Waals surface area contributed by atoms with E-state index in [0.717, 1.165) is 5.56 Å². The highest BCUT2D eigenvalue weighted by Gasteiger charge is 2.19. The third-order valence-corrected chi connectivity index (χ3v) is 3.25. The molecule has 0 amide bonds. The zero-order valence-corrected chi connectivity index (χ0v) is 12.7. The Hall–Kier alpha value is -2.14. The Bertz CT molecular complexity index is 681. The van der Waals surface area contributed by atoms with E-state index in [1.165, 1.54) is 18.3 Å². The molecule has 5 nitrogen and oxygen atoms in total. The molecule has 0 aliphatic carbocycles. The van der Waals surface area contributed by atoms with Crippen molar-refractivity contribution in [2.45, 2.75) is 26.2 Å². The van der Waals surface area contributed by atoms with Crippen molar-refractivity contribution in [3.63, 3.8) is 0 Å². The molecule has 0 aliphatic heterocycles. The molecule has 1 aromatic carbocycles. The summed E-state index contributed by atoms with van der Waals surface area (Å²) in [6.45, 7) is 6.22. The average Bonchev–Trinajstić information content (AvgIpc) is 2.40. The number of pyridine rings is 1. The van der Waals surface area contributed by atoms with E-state index in [-0.39, 0.29) is 17.0 Å². The van der Waals surface area contributed by atoms with Crippen molar-refractivity contribution in [1.82, 2.24) is 4.98 Å². The van der Waals surface area contributed by atoms with Crippen molar-refractivity contribution < 1.29 is 9.66 Å². The van der Waals surface area contributed by atoms with Crippen LogP contribution in [0.15, 0.2) is 36.5 Å². The van der Waals surface area contributed by atoms with Crippen LogP contribution in [0.4, 0.5) is 5.69 Å². The largest absolute Gasteiger partial charge is 0.432 e. The van der Waals surface area contributed by atoms with Crippen molar-refractivity contribution >= 4 is 17.3 Å². The summed E-state index contributed by atoms with van der Waals surface area (Å²) in [6, 6.07) is 8.19. The zero-order chi connectivity index (χ0) is 15.6. The van der Waals surface area contributed by atoms with E-state index in [2.05, 4.69) is 25.8 Å². The van der Waals surface area contributed by atoms with Crippen molar-refractivity contribution in [1.29, 1.82) is 0 Å². The molecule has 0 N–H and O–H groups in total. The molecular formula is C15H15ClN2O3. The Morgan fingerprint density at radius 3 is 2.57 bits per heavy atom. The lowest BCUT2D eigenvalue weighted by Crippen LogP contribution is -2.10. The summed E-state index contributed by atoms with van der Waals surface area (Å²) < 4.78 is 5.48. The van der Waals surface area contributed by atoms with Gasteiger partial charge in [-0.2, -0.15) is 0 Å². The van der Waals surface area contributed by atoms with E-state index in [4.69, 9.17) is 16.3 Å². The summed E-state index contributed by atoms with van der Waals surface area (Å²) >= 11 is 6.19. The number of nitrogens with zero attached hydrogens (tertiary/aromatic N) is 2. The monoisotopic (exact) mass is 306 g/mol. The second-order valence-corrected chi connectivity index (χ2v) is 5.99. The highest BCUT2D eigenvalue weighted by atomic mass is 35.5. The lowest BCUT2D eigenvalue weighted by atomic mass is 9.87. The van der Waals surface area contributed by atoms with Gasteiger partial charge in [-0.3, -0.25) is 10.1 Å². The van der Waals surface area contributed by atoms with Gasteiger partial charge in [0, 0.05) is 12.3 Å². The third-order valence-electron chi connectivity index (χ3n) is 2.95. The maximum Gasteiger partial charge on any atom is 0.331 e. The fourth-order valence-corrected chi connectivity index (χ4v) is 1.97. The number of nitro groups is 1. The van der Waals surface area contributed by atoms with Crippen LogP contribution in [0, 0.1) is 10.1 Å². The molecule has 6 heteroatoms. The predicted octanol–water partition coefficient (Wildman–Crippen LogP) is 4.73. The molecule has 0 fully saturated rings. The van der Waals surface area contributed by atoms with E-state index >= 15 is 0 Å². The topological polar surface area (TPSA) is 65.3 Å². The Morgan fingerprint density at radius 2 is 2.00 bits per heavy atom. The fraction of sp³-hybridized carbons (Fsp3) is 0.267. The summed E-state index contributed by atoms with van der Waals surface area (Å²) in [7, 11) is 0. The standard InChI is InChI=1S/C15H15ClN2O3/c1-15(2,3)10-6-7-13(11(16)9-10)21-14-12(18(19)20)5-4-8-17-14/h4-9H,1-3H3. The first-order valence-corrected chi connectivity index (χ1v) is 6.74. The van der Waals surface area contributed by atoms with E-state index in [1.54, 1.807) is 12.1 Å². The number of benzene rings is 1. The molecule has 0 radical (unpaired) electrons.